The largest absolute Gasteiger partial charge is 0.457 e. The molecule has 4 heterocycles. The van der Waals surface area contributed by atoms with Crippen molar-refractivity contribution >= 4 is 34.4 Å². The lowest BCUT2D eigenvalue weighted by Gasteiger charge is -2.35. The molecule has 1 saturated heterocycles. The SMILES string of the molecule is CCN1CCN(Cc2ccc(NC(=O)N3CCc4ccc(Oc5ccnc6[nH]ccc56)cc4[C@@H]3C)cc2Cl)CC1. The Balaban J connectivity index is 1.11. The molecule has 2 aromatic carbocycles. The van der Waals surface area contributed by atoms with Gasteiger partial charge in [0.25, 0.3) is 0 Å². The number of urea groups is 1. The second-order valence-electron chi connectivity index (χ2n) is 10.6. The lowest BCUT2D eigenvalue weighted by atomic mass is 9.93. The number of fused-ring (bicyclic) bond motifs is 2. The fourth-order valence-electron chi connectivity index (χ4n) is 5.74. The molecule has 4 aromatic rings. The molecular weight excluding hydrogens is 524 g/mol. The maximum absolute atomic E-state index is 13.4. The Bertz CT molecular complexity index is 1510. The number of rotatable bonds is 6. The number of piperazine rings is 1. The number of benzene rings is 2. The molecule has 6 rings (SSSR count). The van der Waals surface area contributed by atoms with Crippen molar-refractivity contribution < 1.29 is 9.53 Å². The van der Waals surface area contributed by atoms with E-state index in [-0.39, 0.29) is 12.1 Å². The van der Waals surface area contributed by atoms with Crippen molar-refractivity contribution in [1.82, 2.24) is 24.7 Å². The number of nitrogens with zero attached hydrogens (tertiary/aromatic N) is 4. The summed E-state index contributed by atoms with van der Waals surface area (Å²) in [5, 5.41) is 4.68. The predicted octanol–water partition coefficient (Wildman–Crippen LogP) is 6.30. The Labute approximate surface area is 239 Å². The predicted molar refractivity (Wildman–Crippen MR) is 159 cm³/mol. The molecule has 2 amide bonds. The summed E-state index contributed by atoms with van der Waals surface area (Å²) >= 11 is 6.66. The van der Waals surface area contributed by atoms with Crippen LogP contribution in [0.1, 0.15) is 36.6 Å². The number of aromatic amines is 1. The van der Waals surface area contributed by atoms with Gasteiger partial charge in [-0.1, -0.05) is 30.7 Å². The number of H-pyrrole nitrogens is 1. The lowest BCUT2D eigenvalue weighted by molar-refractivity contribution is 0.132. The molecule has 1 atom stereocenters. The van der Waals surface area contributed by atoms with Gasteiger partial charge < -0.3 is 24.8 Å². The maximum atomic E-state index is 13.4. The Morgan fingerprint density at radius 1 is 1.07 bits per heavy atom. The fourth-order valence-corrected chi connectivity index (χ4v) is 5.98. The molecule has 208 valence electrons. The number of pyridine rings is 1. The summed E-state index contributed by atoms with van der Waals surface area (Å²) in [5.74, 6) is 1.48. The number of anilines is 1. The first-order valence-electron chi connectivity index (χ1n) is 14.0. The Hall–Kier alpha value is -3.59. The second kappa shape index (κ2) is 11.5. The van der Waals surface area contributed by atoms with Gasteiger partial charge in [0, 0.05) is 62.4 Å². The Kier molecular flexibility index (Phi) is 7.65. The van der Waals surface area contributed by atoms with E-state index in [1.165, 1.54) is 5.56 Å². The van der Waals surface area contributed by atoms with E-state index in [2.05, 4.69) is 45.0 Å². The highest BCUT2D eigenvalue weighted by Gasteiger charge is 2.28. The number of hydrogen-bond donors (Lipinski definition) is 2. The monoisotopic (exact) mass is 558 g/mol. The fraction of sp³-hybridized carbons (Fsp3) is 0.355. The first kappa shape index (κ1) is 26.6. The van der Waals surface area contributed by atoms with E-state index >= 15 is 0 Å². The van der Waals surface area contributed by atoms with E-state index in [9.17, 15) is 4.79 Å². The number of nitrogens with one attached hydrogen (secondary N) is 2. The van der Waals surface area contributed by atoms with Gasteiger partial charge >= 0.3 is 6.03 Å². The third kappa shape index (κ3) is 5.52. The van der Waals surface area contributed by atoms with Gasteiger partial charge in [0.2, 0.25) is 0 Å². The van der Waals surface area contributed by atoms with Crippen molar-refractivity contribution in [2.45, 2.75) is 32.9 Å². The maximum Gasteiger partial charge on any atom is 0.322 e. The smallest absolute Gasteiger partial charge is 0.322 e. The van der Waals surface area contributed by atoms with Crippen LogP contribution >= 0.6 is 11.6 Å². The molecule has 8 nitrogen and oxygen atoms in total. The number of halogens is 1. The van der Waals surface area contributed by atoms with Crippen LogP contribution in [-0.2, 0) is 13.0 Å². The molecule has 0 saturated carbocycles. The molecule has 9 heteroatoms. The van der Waals surface area contributed by atoms with Crippen LogP contribution in [0.15, 0.2) is 60.9 Å². The zero-order valence-corrected chi connectivity index (χ0v) is 23.7. The van der Waals surface area contributed by atoms with Crippen LogP contribution in [0.25, 0.3) is 11.0 Å². The molecular formula is C31H35ClN6O2. The summed E-state index contributed by atoms with van der Waals surface area (Å²) in [5.41, 5.74) is 4.91. The van der Waals surface area contributed by atoms with E-state index < -0.39 is 0 Å². The van der Waals surface area contributed by atoms with Crippen LogP contribution in [0, 0.1) is 0 Å². The highest BCUT2D eigenvalue weighted by Crippen LogP contribution is 2.35. The van der Waals surface area contributed by atoms with Crippen molar-refractivity contribution in [3.05, 3.63) is 82.6 Å². The van der Waals surface area contributed by atoms with Gasteiger partial charge in [-0.25, -0.2) is 9.78 Å². The molecule has 0 bridgehead atoms. The molecule has 2 aliphatic heterocycles. The van der Waals surface area contributed by atoms with Gasteiger partial charge in [-0.2, -0.15) is 0 Å². The van der Waals surface area contributed by atoms with Gasteiger partial charge in [-0.15, -0.1) is 0 Å². The number of carbonyl (C=O) groups is 1. The molecule has 2 aliphatic rings. The van der Waals surface area contributed by atoms with Crippen molar-refractivity contribution in [3.8, 4) is 11.5 Å². The van der Waals surface area contributed by atoms with E-state index in [1.807, 2.05) is 53.6 Å². The first-order valence-corrected chi connectivity index (χ1v) is 14.4. The van der Waals surface area contributed by atoms with Crippen molar-refractivity contribution in [2.24, 2.45) is 0 Å². The second-order valence-corrected chi connectivity index (χ2v) is 11.0. The number of aromatic nitrogens is 2. The van der Waals surface area contributed by atoms with Gasteiger partial charge in [0.15, 0.2) is 0 Å². The summed E-state index contributed by atoms with van der Waals surface area (Å²) in [6.07, 6.45) is 4.37. The molecule has 2 N–H and O–H groups in total. The summed E-state index contributed by atoms with van der Waals surface area (Å²) in [7, 11) is 0. The highest BCUT2D eigenvalue weighted by atomic mass is 35.5. The number of likely N-dealkylation sites (N-methyl/N-ethyl adjacent to an activating group) is 1. The van der Waals surface area contributed by atoms with E-state index in [4.69, 9.17) is 16.3 Å². The topological polar surface area (TPSA) is 76.7 Å². The van der Waals surface area contributed by atoms with Gasteiger partial charge in [0.05, 0.1) is 11.4 Å². The molecule has 0 aliphatic carbocycles. The minimum absolute atomic E-state index is 0.103. The summed E-state index contributed by atoms with van der Waals surface area (Å²) in [6, 6.07) is 15.6. The van der Waals surface area contributed by atoms with Crippen LogP contribution in [0.2, 0.25) is 5.02 Å². The summed E-state index contributed by atoms with van der Waals surface area (Å²) < 4.78 is 6.25. The molecule has 2 aromatic heterocycles. The number of ether oxygens (including phenoxy) is 1. The third-order valence-electron chi connectivity index (χ3n) is 8.18. The van der Waals surface area contributed by atoms with E-state index in [1.54, 1.807) is 6.20 Å². The zero-order chi connectivity index (χ0) is 27.6. The van der Waals surface area contributed by atoms with Gasteiger partial charge in [-0.3, -0.25) is 4.90 Å². The van der Waals surface area contributed by atoms with Crippen LogP contribution in [0.5, 0.6) is 11.5 Å². The number of amides is 2. The van der Waals surface area contributed by atoms with Crippen LogP contribution in [0.4, 0.5) is 10.5 Å². The normalized spacial score (nSPS) is 18.1. The summed E-state index contributed by atoms with van der Waals surface area (Å²) in [4.78, 5) is 27.6. The summed E-state index contributed by atoms with van der Waals surface area (Å²) in [6.45, 7) is 11.1. The number of hydrogen-bond acceptors (Lipinski definition) is 5. The zero-order valence-electron chi connectivity index (χ0n) is 23.0. The molecule has 0 unspecified atom stereocenters. The van der Waals surface area contributed by atoms with Gasteiger partial charge in [-0.05, 0) is 73.0 Å². The van der Waals surface area contributed by atoms with E-state index in [0.29, 0.717) is 17.3 Å². The van der Waals surface area contributed by atoms with Crippen molar-refractivity contribution in [1.29, 1.82) is 0 Å². The highest BCUT2D eigenvalue weighted by molar-refractivity contribution is 6.31. The first-order chi connectivity index (χ1) is 19.5. The molecule has 40 heavy (non-hydrogen) atoms. The molecule has 1 fully saturated rings. The van der Waals surface area contributed by atoms with Crippen molar-refractivity contribution in [2.75, 3.05) is 44.6 Å². The molecule has 0 spiro atoms. The quantitative estimate of drug-likeness (QED) is 0.290. The lowest BCUT2D eigenvalue weighted by Crippen LogP contribution is -2.45. The van der Waals surface area contributed by atoms with Crippen molar-refractivity contribution in [3.63, 3.8) is 0 Å². The average molecular weight is 559 g/mol. The van der Waals surface area contributed by atoms with Crippen LogP contribution in [-0.4, -0.2) is 70.0 Å². The minimum atomic E-state index is -0.132. The minimum Gasteiger partial charge on any atom is -0.457 e. The van der Waals surface area contributed by atoms with Gasteiger partial charge in [0.1, 0.15) is 17.1 Å². The Morgan fingerprint density at radius 3 is 2.70 bits per heavy atom. The third-order valence-corrected chi connectivity index (χ3v) is 8.53. The standard InChI is InChI=1S/C31H35ClN6O2/c1-3-36-14-16-37(17-15-36)20-23-4-6-24(18-28(23)32)35-31(39)38-13-10-22-5-7-25(19-27(22)21(38)2)40-29-9-12-34-30-26(29)8-11-33-30/h4-9,11-12,18-19,21H,3,10,13-17,20H2,1-2H3,(H,33,34)(H,35,39)/t21-/m0/s1. The van der Waals surface area contributed by atoms with Crippen LogP contribution in [0.3, 0.4) is 0 Å². The number of carbonyl (C=O) groups excluding carboxylic acids is 1. The van der Waals surface area contributed by atoms with Crippen LogP contribution < -0.4 is 10.1 Å². The Morgan fingerprint density at radius 2 is 1.90 bits per heavy atom. The van der Waals surface area contributed by atoms with E-state index in [0.717, 1.165) is 79.3 Å². The molecule has 0 radical (unpaired) electrons. The average Bonchev–Trinajstić information content (AvgIpc) is 3.45.